The highest BCUT2D eigenvalue weighted by Crippen LogP contribution is 2.22. The molecule has 0 spiro atoms. The Morgan fingerprint density at radius 2 is 2.00 bits per heavy atom. The van der Waals surface area contributed by atoms with E-state index in [1.807, 2.05) is 20.8 Å². The summed E-state index contributed by atoms with van der Waals surface area (Å²) in [5.41, 5.74) is 0.820. The van der Waals surface area contributed by atoms with Gasteiger partial charge in [-0.15, -0.1) is 0 Å². The molecule has 27 heavy (non-hydrogen) atoms. The molecular formula is C18H27ClN2O5S. The maximum absolute atomic E-state index is 12.5. The van der Waals surface area contributed by atoms with E-state index >= 15 is 0 Å². The van der Waals surface area contributed by atoms with Gasteiger partial charge in [0.25, 0.3) is 5.91 Å². The molecule has 1 aromatic rings. The number of rotatable bonds is 7. The smallest absolute Gasteiger partial charge is 0.260 e. The molecule has 1 aromatic carbocycles. The van der Waals surface area contributed by atoms with Gasteiger partial charge in [-0.1, -0.05) is 11.6 Å². The SMILES string of the molecule is Cc1cc(Cl)ccc1OC(C)C(=O)NCCS(=O)(=O)N1CC(C)OC(C)C1. The summed E-state index contributed by atoms with van der Waals surface area (Å²) >= 11 is 5.91. The van der Waals surface area contributed by atoms with Crippen LogP contribution in [-0.4, -0.2) is 62.3 Å². The zero-order valence-corrected chi connectivity index (χ0v) is 17.6. The molecule has 1 fully saturated rings. The molecule has 152 valence electrons. The van der Waals surface area contributed by atoms with Crippen molar-refractivity contribution < 1.29 is 22.7 Å². The molecule has 0 radical (unpaired) electrons. The number of carbonyl (C=O) groups is 1. The van der Waals surface area contributed by atoms with Crippen LogP contribution in [0.1, 0.15) is 26.3 Å². The lowest BCUT2D eigenvalue weighted by molar-refractivity contribution is -0.127. The first kappa shape index (κ1) is 21.9. The van der Waals surface area contributed by atoms with Gasteiger partial charge >= 0.3 is 0 Å². The summed E-state index contributed by atoms with van der Waals surface area (Å²) < 4.78 is 37.6. The fourth-order valence-electron chi connectivity index (χ4n) is 2.92. The van der Waals surface area contributed by atoms with Crippen molar-refractivity contribution in [2.24, 2.45) is 0 Å². The van der Waals surface area contributed by atoms with E-state index in [0.29, 0.717) is 23.9 Å². The summed E-state index contributed by atoms with van der Waals surface area (Å²) in [5.74, 6) is 0.0273. The lowest BCUT2D eigenvalue weighted by atomic mass is 10.2. The molecule has 3 unspecified atom stereocenters. The zero-order chi connectivity index (χ0) is 20.2. The Hall–Kier alpha value is -1.35. The summed E-state index contributed by atoms with van der Waals surface area (Å²) in [6.45, 7) is 7.82. The highest BCUT2D eigenvalue weighted by Gasteiger charge is 2.30. The number of hydrogen-bond donors (Lipinski definition) is 1. The van der Waals surface area contributed by atoms with Crippen molar-refractivity contribution in [2.75, 3.05) is 25.4 Å². The monoisotopic (exact) mass is 418 g/mol. The van der Waals surface area contributed by atoms with Gasteiger partial charge in [0, 0.05) is 24.7 Å². The lowest BCUT2D eigenvalue weighted by Crippen LogP contribution is -2.50. The molecule has 2 rings (SSSR count). The fraction of sp³-hybridized carbons (Fsp3) is 0.611. The van der Waals surface area contributed by atoms with Crippen molar-refractivity contribution in [3.05, 3.63) is 28.8 Å². The van der Waals surface area contributed by atoms with E-state index in [2.05, 4.69) is 5.32 Å². The number of ether oxygens (including phenoxy) is 2. The van der Waals surface area contributed by atoms with Gasteiger partial charge < -0.3 is 14.8 Å². The van der Waals surface area contributed by atoms with Crippen LogP contribution in [0.4, 0.5) is 0 Å². The van der Waals surface area contributed by atoms with E-state index in [4.69, 9.17) is 21.1 Å². The van der Waals surface area contributed by atoms with Gasteiger partial charge in [0.2, 0.25) is 10.0 Å². The molecule has 1 N–H and O–H groups in total. The minimum absolute atomic E-state index is 0.0224. The molecule has 7 nitrogen and oxygen atoms in total. The maximum Gasteiger partial charge on any atom is 0.260 e. The van der Waals surface area contributed by atoms with Crippen LogP contribution in [0.3, 0.4) is 0 Å². The molecule has 3 atom stereocenters. The summed E-state index contributed by atoms with van der Waals surface area (Å²) in [6, 6.07) is 5.14. The Labute approximate surface area is 166 Å². The van der Waals surface area contributed by atoms with Crippen LogP contribution in [0, 0.1) is 6.92 Å². The minimum atomic E-state index is -3.46. The standard InChI is InChI=1S/C18H27ClN2O5S/c1-12-9-16(19)5-6-17(12)26-15(4)18(22)20-7-8-27(23,24)21-10-13(2)25-14(3)11-21/h5-6,9,13-15H,7-8,10-11H2,1-4H3,(H,20,22). The Kier molecular flexibility index (Phi) is 7.50. The average molecular weight is 419 g/mol. The average Bonchev–Trinajstić information content (AvgIpc) is 2.56. The van der Waals surface area contributed by atoms with E-state index in [-0.39, 0.29) is 30.4 Å². The summed E-state index contributed by atoms with van der Waals surface area (Å²) in [7, 11) is -3.46. The number of carbonyl (C=O) groups excluding carboxylic acids is 1. The molecular weight excluding hydrogens is 392 g/mol. The Morgan fingerprint density at radius 1 is 1.37 bits per heavy atom. The highest BCUT2D eigenvalue weighted by molar-refractivity contribution is 7.89. The van der Waals surface area contributed by atoms with Crippen molar-refractivity contribution in [3.63, 3.8) is 0 Å². The highest BCUT2D eigenvalue weighted by atomic mass is 35.5. The number of hydrogen-bond acceptors (Lipinski definition) is 5. The van der Waals surface area contributed by atoms with Crippen LogP contribution in [0.25, 0.3) is 0 Å². The molecule has 0 bridgehead atoms. The Bertz CT molecular complexity index is 761. The number of halogens is 1. The van der Waals surface area contributed by atoms with Crippen LogP contribution >= 0.6 is 11.6 Å². The first-order chi connectivity index (χ1) is 12.6. The molecule has 1 saturated heterocycles. The normalized spacial score (nSPS) is 22.3. The lowest BCUT2D eigenvalue weighted by Gasteiger charge is -2.34. The topological polar surface area (TPSA) is 84.9 Å². The fourth-order valence-corrected chi connectivity index (χ4v) is 4.64. The van der Waals surface area contributed by atoms with Crippen molar-refractivity contribution in [3.8, 4) is 5.75 Å². The molecule has 1 aliphatic heterocycles. The number of aryl methyl sites for hydroxylation is 1. The number of morpholine rings is 1. The summed E-state index contributed by atoms with van der Waals surface area (Å²) in [6.07, 6.45) is -1.04. The third kappa shape index (κ3) is 6.34. The number of benzene rings is 1. The number of nitrogens with zero attached hydrogens (tertiary/aromatic N) is 1. The molecule has 1 aliphatic rings. The number of nitrogens with one attached hydrogen (secondary N) is 1. The van der Waals surface area contributed by atoms with Gasteiger partial charge in [-0.25, -0.2) is 8.42 Å². The first-order valence-electron chi connectivity index (χ1n) is 8.92. The van der Waals surface area contributed by atoms with Crippen LogP contribution in [0.2, 0.25) is 5.02 Å². The third-order valence-corrected chi connectivity index (χ3v) is 6.29. The van der Waals surface area contributed by atoms with Gasteiger partial charge in [-0.05, 0) is 51.5 Å². The van der Waals surface area contributed by atoms with Crippen molar-refractivity contribution >= 4 is 27.5 Å². The van der Waals surface area contributed by atoms with Gasteiger partial charge in [0.15, 0.2) is 6.10 Å². The molecule has 1 amide bonds. The van der Waals surface area contributed by atoms with Crippen LogP contribution in [0.15, 0.2) is 18.2 Å². The quantitative estimate of drug-likeness (QED) is 0.731. The third-order valence-electron chi connectivity index (χ3n) is 4.25. The van der Waals surface area contributed by atoms with Crippen molar-refractivity contribution in [1.82, 2.24) is 9.62 Å². The van der Waals surface area contributed by atoms with E-state index in [1.54, 1.807) is 25.1 Å². The van der Waals surface area contributed by atoms with E-state index in [0.717, 1.165) is 5.56 Å². The predicted molar refractivity (Wildman–Crippen MR) is 105 cm³/mol. The van der Waals surface area contributed by atoms with Crippen LogP contribution < -0.4 is 10.1 Å². The van der Waals surface area contributed by atoms with Gasteiger partial charge in [0.1, 0.15) is 5.75 Å². The Morgan fingerprint density at radius 3 is 2.59 bits per heavy atom. The second-order valence-corrected chi connectivity index (χ2v) is 9.38. The molecule has 0 saturated carbocycles. The van der Waals surface area contributed by atoms with E-state index < -0.39 is 16.1 Å². The first-order valence-corrected chi connectivity index (χ1v) is 10.9. The van der Waals surface area contributed by atoms with Gasteiger partial charge in [-0.2, -0.15) is 4.31 Å². The number of sulfonamides is 1. The molecule has 0 aliphatic carbocycles. The Balaban J connectivity index is 1.84. The van der Waals surface area contributed by atoms with E-state index in [1.165, 1.54) is 4.31 Å². The zero-order valence-electron chi connectivity index (χ0n) is 16.1. The van der Waals surface area contributed by atoms with Gasteiger partial charge in [-0.3, -0.25) is 4.79 Å². The van der Waals surface area contributed by atoms with Crippen LogP contribution in [-0.2, 0) is 19.6 Å². The van der Waals surface area contributed by atoms with Crippen molar-refractivity contribution in [1.29, 1.82) is 0 Å². The molecule has 0 aromatic heterocycles. The van der Waals surface area contributed by atoms with Crippen molar-refractivity contribution in [2.45, 2.75) is 46.0 Å². The largest absolute Gasteiger partial charge is 0.481 e. The maximum atomic E-state index is 12.5. The number of amides is 1. The van der Waals surface area contributed by atoms with Crippen LogP contribution in [0.5, 0.6) is 5.75 Å². The predicted octanol–water partition coefficient (Wildman–Crippen LogP) is 1.97. The summed E-state index contributed by atoms with van der Waals surface area (Å²) in [4.78, 5) is 12.2. The minimum Gasteiger partial charge on any atom is -0.481 e. The second kappa shape index (κ2) is 9.23. The van der Waals surface area contributed by atoms with E-state index in [9.17, 15) is 13.2 Å². The molecule has 1 heterocycles. The molecule has 9 heteroatoms. The second-order valence-electron chi connectivity index (χ2n) is 6.85. The summed E-state index contributed by atoms with van der Waals surface area (Å²) in [5, 5.41) is 3.22. The van der Waals surface area contributed by atoms with Gasteiger partial charge in [0.05, 0.1) is 18.0 Å².